The van der Waals surface area contributed by atoms with Crippen LogP contribution in [0.4, 0.5) is 5.69 Å². The lowest BCUT2D eigenvalue weighted by Crippen LogP contribution is -2.20. The average molecular weight is 434 g/mol. The second kappa shape index (κ2) is 7.29. The number of ether oxygens (including phenoxy) is 1. The molecule has 0 aliphatic heterocycles. The number of aryl methyl sites for hydroxylation is 1. The topological polar surface area (TPSA) is 38.3 Å². The molecule has 3 nitrogen and oxygen atoms in total. The van der Waals surface area contributed by atoms with Gasteiger partial charge in [-0.1, -0.05) is 33.6 Å². The van der Waals surface area contributed by atoms with Crippen LogP contribution in [0.2, 0.25) is 5.02 Å². The second-order valence-corrected chi connectivity index (χ2v) is 6.55. The number of carbonyl (C=O) groups excluding carboxylic acids is 1. The lowest BCUT2D eigenvalue weighted by atomic mass is 10.2. The molecule has 2 aromatic rings. The van der Waals surface area contributed by atoms with Crippen LogP contribution in [0.1, 0.15) is 5.56 Å². The summed E-state index contributed by atoms with van der Waals surface area (Å²) < 4.78 is 7.18. The minimum absolute atomic E-state index is 0.0777. The Kier molecular flexibility index (Phi) is 5.67. The summed E-state index contributed by atoms with van der Waals surface area (Å²) in [6, 6.07) is 10.8. The maximum absolute atomic E-state index is 11.9. The number of nitrogens with one attached hydrogen (secondary N) is 1. The van der Waals surface area contributed by atoms with E-state index in [1.54, 1.807) is 18.2 Å². The zero-order valence-electron chi connectivity index (χ0n) is 11.1. The normalized spacial score (nSPS) is 10.3. The van der Waals surface area contributed by atoms with Crippen LogP contribution in [0.25, 0.3) is 0 Å². The van der Waals surface area contributed by atoms with Crippen LogP contribution in [0.3, 0.4) is 0 Å². The standard InChI is InChI=1S/C15H12Br2ClNO2/c1-9-2-4-11(7-13(9)18)19-15(20)8-21-14-5-3-10(16)6-12(14)17/h2-7H,8H2,1H3,(H,19,20). The van der Waals surface area contributed by atoms with E-state index < -0.39 is 0 Å². The summed E-state index contributed by atoms with van der Waals surface area (Å²) in [5, 5.41) is 3.35. The van der Waals surface area contributed by atoms with Gasteiger partial charge in [0.15, 0.2) is 6.61 Å². The highest BCUT2D eigenvalue weighted by Gasteiger charge is 2.07. The van der Waals surface area contributed by atoms with Crippen molar-refractivity contribution in [1.82, 2.24) is 0 Å². The maximum Gasteiger partial charge on any atom is 0.262 e. The number of benzene rings is 2. The fourth-order valence-electron chi connectivity index (χ4n) is 1.60. The molecule has 0 saturated heterocycles. The van der Waals surface area contributed by atoms with Gasteiger partial charge in [0.1, 0.15) is 5.75 Å². The van der Waals surface area contributed by atoms with Crippen LogP contribution < -0.4 is 10.1 Å². The molecule has 0 aliphatic rings. The van der Waals surface area contributed by atoms with Crippen molar-refractivity contribution in [3.63, 3.8) is 0 Å². The number of rotatable bonds is 4. The van der Waals surface area contributed by atoms with Crippen molar-refractivity contribution >= 4 is 55.1 Å². The summed E-state index contributed by atoms with van der Waals surface area (Å²) >= 11 is 12.7. The third kappa shape index (κ3) is 4.73. The minimum atomic E-state index is -0.246. The van der Waals surface area contributed by atoms with Gasteiger partial charge in [-0.25, -0.2) is 0 Å². The Bertz CT molecular complexity index is 677. The van der Waals surface area contributed by atoms with Crippen LogP contribution in [0, 0.1) is 6.92 Å². The molecule has 110 valence electrons. The van der Waals surface area contributed by atoms with Crippen molar-refractivity contribution in [3.8, 4) is 5.75 Å². The first-order valence-electron chi connectivity index (χ1n) is 6.09. The molecule has 2 rings (SSSR count). The SMILES string of the molecule is Cc1ccc(NC(=O)COc2ccc(Br)cc2Br)cc1Cl. The predicted molar refractivity (Wildman–Crippen MR) is 92.2 cm³/mol. The fourth-order valence-corrected chi connectivity index (χ4v) is 2.95. The smallest absolute Gasteiger partial charge is 0.262 e. The predicted octanol–water partition coefficient (Wildman–Crippen LogP) is 5.19. The van der Waals surface area contributed by atoms with E-state index in [1.165, 1.54) is 0 Å². The molecule has 0 heterocycles. The van der Waals surface area contributed by atoms with Crippen LogP contribution in [-0.4, -0.2) is 12.5 Å². The monoisotopic (exact) mass is 431 g/mol. The Morgan fingerprint density at radius 1 is 1.24 bits per heavy atom. The zero-order valence-corrected chi connectivity index (χ0v) is 15.0. The number of hydrogen-bond acceptors (Lipinski definition) is 2. The Hall–Kier alpha value is -1.04. The van der Waals surface area contributed by atoms with Crippen LogP contribution in [0.15, 0.2) is 45.3 Å². The molecule has 0 fully saturated rings. The zero-order chi connectivity index (χ0) is 15.4. The summed E-state index contributed by atoms with van der Waals surface area (Å²) in [6.45, 7) is 1.83. The third-order valence-corrected chi connectivity index (χ3v) is 4.23. The van der Waals surface area contributed by atoms with Gasteiger partial charge in [-0.3, -0.25) is 4.79 Å². The third-order valence-electron chi connectivity index (χ3n) is 2.71. The summed E-state index contributed by atoms with van der Waals surface area (Å²) in [4.78, 5) is 11.9. The van der Waals surface area contributed by atoms with Gasteiger partial charge >= 0.3 is 0 Å². The van der Waals surface area contributed by atoms with E-state index in [2.05, 4.69) is 37.2 Å². The molecule has 2 aromatic carbocycles. The first-order valence-corrected chi connectivity index (χ1v) is 8.06. The van der Waals surface area contributed by atoms with E-state index >= 15 is 0 Å². The lowest BCUT2D eigenvalue weighted by Gasteiger charge is -2.10. The van der Waals surface area contributed by atoms with E-state index in [4.69, 9.17) is 16.3 Å². The van der Waals surface area contributed by atoms with E-state index in [0.717, 1.165) is 14.5 Å². The highest BCUT2D eigenvalue weighted by Crippen LogP contribution is 2.28. The molecule has 6 heteroatoms. The van der Waals surface area contributed by atoms with Crippen LogP contribution in [-0.2, 0) is 4.79 Å². The molecule has 0 atom stereocenters. The van der Waals surface area contributed by atoms with E-state index in [0.29, 0.717) is 16.5 Å². The van der Waals surface area contributed by atoms with E-state index in [1.807, 2.05) is 25.1 Å². The summed E-state index contributed by atoms with van der Waals surface area (Å²) in [7, 11) is 0. The Balaban J connectivity index is 1.94. The summed E-state index contributed by atoms with van der Waals surface area (Å²) in [6.07, 6.45) is 0. The highest BCUT2D eigenvalue weighted by atomic mass is 79.9. The first kappa shape index (κ1) is 16.3. The Labute approximate surface area is 144 Å². The lowest BCUT2D eigenvalue weighted by molar-refractivity contribution is -0.118. The molecule has 1 amide bonds. The highest BCUT2D eigenvalue weighted by molar-refractivity contribution is 9.11. The molecule has 0 spiro atoms. The van der Waals surface area contributed by atoms with E-state index in [-0.39, 0.29) is 12.5 Å². The number of carbonyl (C=O) groups is 1. The van der Waals surface area contributed by atoms with Crippen molar-refractivity contribution in [1.29, 1.82) is 0 Å². The molecule has 0 unspecified atom stereocenters. The largest absolute Gasteiger partial charge is 0.483 e. The van der Waals surface area contributed by atoms with Crippen molar-refractivity contribution in [2.24, 2.45) is 0 Å². The maximum atomic E-state index is 11.9. The molecule has 0 aromatic heterocycles. The number of hydrogen-bond donors (Lipinski definition) is 1. The number of anilines is 1. The van der Waals surface area contributed by atoms with Crippen molar-refractivity contribution in [2.45, 2.75) is 6.92 Å². The Morgan fingerprint density at radius 3 is 2.67 bits per heavy atom. The van der Waals surface area contributed by atoms with Gasteiger partial charge in [-0.05, 0) is 58.7 Å². The first-order chi connectivity index (χ1) is 9.95. The molecule has 0 bridgehead atoms. The van der Waals surface area contributed by atoms with Gasteiger partial charge in [0, 0.05) is 15.2 Å². The van der Waals surface area contributed by atoms with Gasteiger partial charge < -0.3 is 10.1 Å². The fraction of sp³-hybridized carbons (Fsp3) is 0.133. The van der Waals surface area contributed by atoms with Crippen LogP contribution in [0.5, 0.6) is 5.75 Å². The quantitative estimate of drug-likeness (QED) is 0.721. The molecular formula is C15H12Br2ClNO2. The van der Waals surface area contributed by atoms with Gasteiger partial charge in [0.25, 0.3) is 5.91 Å². The second-order valence-electron chi connectivity index (χ2n) is 4.38. The molecule has 0 radical (unpaired) electrons. The molecule has 21 heavy (non-hydrogen) atoms. The summed E-state index contributed by atoms with van der Waals surface area (Å²) in [5.74, 6) is 0.361. The van der Waals surface area contributed by atoms with Gasteiger partial charge in [0.05, 0.1) is 4.47 Å². The summed E-state index contributed by atoms with van der Waals surface area (Å²) in [5.41, 5.74) is 1.61. The van der Waals surface area contributed by atoms with Crippen molar-refractivity contribution in [3.05, 3.63) is 55.9 Å². The Morgan fingerprint density at radius 2 is 2.00 bits per heavy atom. The molecule has 0 saturated carbocycles. The van der Waals surface area contributed by atoms with E-state index in [9.17, 15) is 4.79 Å². The molecule has 1 N–H and O–H groups in total. The van der Waals surface area contributed by atoms with Crippen molar-refractivity contribution in [2.75, 3.05) is 11.9 Å². The van der Waals surface area contributed by atoms with Gasteiger partial charge in [0.2, 0.25) is 0 Å². The molecular weight excluding hydrogens is 421 g/mol. The van der Waals surface area contributed by atoms with Crippen molar-refractivity contribution < 1.29 is 9.53 Å². The van der Waals surface area contributed by atoms with Gasteiger partial charge in [-0.2, -0.15) is 0 Å². The molecule has 0 aliphatic carbocycles. The van der Waals surface area contributed by atoms with Crippen LogP contribution >= 0.6 is 43.5 Å². The number of halogens is 3. The number of amides is 1. The van der Waals surface area contributed by atoms with Gasteiger partial charge in [-0.15, -0.1) is 0 Å². The minimum Gasteiger partial charge on any atom is -0.483 e. The average Bonchev–Trinajstić information content (AvgIpc) is 2.42.